The predicted octanol–water partition coefficient (Wildman–Crippen LogP) is 3.14. The number of carbonyl (C=O) groups excluding carboxylic acids is 1. The zero-order valence-corrected chi connectivity index (χ0v) is 12.1. The topological polar surface area (TPSA) is 48.4 Å². The minimum atomic E-state index is -0.454. The first kappa shape index (κ1) is 13.8. The predicted molar refractivity (Wildman–Crippen MR) is 75.4 cm³/mol. The molecule has 0 radical (unpaired) electrons. The monoisotopic (exact) mass is 295 g/mol. The molecule has 0 unspecified atom stereocenters. The van der Waals surface area contributed by atoms with Crippen LogP contribution in [0.15, 0.2) is 12.1 Å². The van der Waals surface area contributed by atoms with Gasteiger partial charge in [-0.3, -0.25) is 4.79 Å². The molecular weight excluding hydrogens is 278 g/mol. The Labute approximate surface area is 123 Å². The Balaban J connectivity index is 1.69. The molecule has 108 valence electrons. The quantitative estimate of drug-likeness (QED) is 0.783. The molecule has 0 spiro atoms. The van der Waals surface area contributed by atoms with Crippen molar-refractivity contribution >= 4 is 16.8 Å². The van der Waals surface area contributed by atoms with Crippen LogP contribution in [0.4, 0.5) is 0 Å². The Morgan fingerprint density at radius 1 is 1.30 bits per heavy atom. The molecule has 2 aliphatic rings. The van der Waals surface area contributed by atoms with Gasteiger partial charge in [-0.15, -0.1) is 0 Å². The molecule has 1 saturated carbocycles. The van der Waals surface area contributed by atoms with Crippen LogP contribution < -0.4 is 4.74 Å². The van der Waals surface area contributed by atoms with Gasteiger partial charge in [0, 0.05) is 36.5 Å². The van der Waals surface area contributed by atoms with E-state index in [0.29, 0.717) is 29.9 Å². The summed E-state index contributed by atoms with van der Waals surface area (Å²) in [7, 11) is 0. The molecule has 1 aromatic rings. The summed E-state index contributed by atoms with van der Waals surface area (Å²) in [6.45, 7) is 2.23. The zero-order chi connectivity index (χ0) is 13.9. The van der Waals surface area contributed by atoms with E-state index in [1.165, 1.54) is 0 Å². The van der Waals surface area contributed by atoms with Crippen LogP contribution in [0.1, 0.15) is 47.7 Å². The standard InChI is InChI=1S/C15H18ClNO3/c16-15(18)12-7-13(11-1-2-11)17-14(8-12)20-9-10-3-5-19-6-4-10/h7-8,10-11H,1-6,9H2. The van der Waals surface area contributed by atoms with Gasteiger partial charge in [0.1, 0.15) is 0 Å². The van der Waals surface area contributed by atoms with Crippen LogP contribution in [0, 0.1) is 5.92 Å². The number of carbonyl (C=O) groups is 1. The highest BCUT2D eigenvalue weighted by Crippen LogP contribution is 2.40. The summed E-state index contributed by atoms with van der Waals surface area (Å²) in [5.41, 5.74) is 1.41. The van der Waals surface area contributed by atoms with E-state index in [4.69, 9.17) is 21.1 Å². The Hall–Kier alpha value is -1.13. The number of rotatable bonds is 5. The fraction of sp³-hybridized carbons (Fsp3) is 0.600. The molecule has 0 amide bonds. The lowest BCUT2D eigenvalue weighted by Crippen LogP contribution is -2.21. The van der Waals surface area contributed by atoms with Crippen LogP contribution in [0.5, 0.6) is 5.88 Å². The number of hydrogen-bond donors (Lipinski definition) is 0. The molecule has 1 aliphatic carbocycles. The maximum Gasteiger partial charge on any atom is 0.252 e. The van der Waals surface area contributed by atoms with E-state index in [1.54, 1.807) is 12.1 Å². The molecule has 5 heteroatoms. The van der Waals surface area contributed by atoms with E-state index < -0.39 is 5.24 Å². The molecule has 0 bridgehead atoms. The molecule has 3 rings (SSSR count). The molecule has 2 fully saturated rings. The summed E-state index contributed by atoms with van der Waals surface area (Å²) in [4.78, 5) is 15.9. The molecule has 1 aromatic heterocycles. The average molecular weight is 296 g/mol. The number of nitrogens with zero attached hydrogens (tertiary/aromatic N) is 1. The second-order valence-corrected chi connectivity index (χ2v) is 5.88. The summed E-state index contributed by atoms with van der Waals surface area (Å²) in [6, 6.07) is 3.43. The van der Waals surface area contributed by atoms with Crippen LogP contribution in [0.2, 0.25) is 0 Å². The summed E-state index contributed by atoms with van der Waals surface area (Å²) < 4.78 is 11.1. The van der Waals surface area contributed by atoms with Crippen molar-refractivity contribution in [2.24, 2.45) is 5.92 Å². The van der Waals surface area contributed by atoms with E-state index in [9.17, 15) is 4.79 Å². The average Bonchev–Trinajstić information content (AvgIpc) is 3.30. The van der Waals surface area contributed by atoms with Crippen LogP contribution in [-0.4, -0.2) is 30.0 Å². The minimum absolute atomic E-state index is 0.454. The molecular formula is C15H18ClNO3. The fourth-order valence-electron chi connectivity index (χ4n) is 2.42. The minimum Gasteiger partial charge on any atom is -0.477 e. The number of aromatic nitrogens is 1. The summed E-state index contributed by atoms with van der Waals surface area (Å²) in [6.07, 6.45) is 4.30. The van der Waals surface area contributed by atoms with E-state index in [0.717, 1.165) is 44.6 Å². The van der Waals surface area contributed by atoms with Crippen molar-refractivity contribution in [2.75, 3.05) is 19.8 Å². The lowest BCUT2D eigenvalue weighted by molar-refractivity contribution is 0.0490. The van der Waals surface area contributed by atoms with E-state index in [1.807, 2.05) is 0 Å². The second kappa shape index (κ2) is 6.10. The smallest absolute Gasteiger partial charge is 0.252 e. The number of hydrogen-bond acceptors (Lipinski definition) is 4. The Kier molecular flexibility index (Phi) is 4.22. The van der Waals surface area contributed by atoms with Gasteiger partial charge in [0.2, 0.25) is 5.88 Å². The second-order valence-electron chi connectivity index (χ2n) is 5.53. The van der Waals surface area contributed by atoms with Gasteiger partial charge in [-0.1, -0.05) is 0 Å². The van der Waals surface area contributed by atoms with Gasteiger partial charge in [0.05, 0.1) is 6.61 Å². The van der Waals surface area contributed by atoms with Gasteiger partial charge in [-0.05, 0) is 49.3 Å². The SMILES string of the molecule is O=C(Cl)c1cc(OCC2CCOCC2)nc(C2CC2)c1. The molecule has 20 heavy (non-hydrogen) atoms. The van der Waals surface area contributed by atoms with Gasteiger partial charge in [0.15, 0.2) is 0 Å². The third-order valence-electron chi connectivity index (χ3n) is 3.85. The van der Waals surface area contributed by atoms with Crippen LogP contribution >= 0.6 is 11.6 Å². The van der Waals surface area contributed by atoms with Crippen molar-refractivity contribution < 1.29 is 14.3 Å². The summed E-state index contributed by atoms with van der Waals surface area (Å²) >= 11 is 5.58. The zero-order valence-electron chi connectivity index (χ0n) is 11.3. The Bertz CT molecular complexity index is 496. The Morgan fingerprint density at radius 2 is 2.05 bits per heavy atom. The number of halogens is 1. The molecule has 4 nitrogen and oxygen atoms in total. The van der Waals surface area contributed by atoms with Crippen molar-refractivity contribution in [1.29, 1.82) is 0 Å². The molecule has 2 heterocycles. The highest BCUT2D eigenvalue weighted by Gasteiger charge is 2.26. The van der Waals surface area contributed by atoms with Gasteiger partial charge < -0.3 is 9.47 Å². The van der Waals surface area contributed by atoms with Crippen LogP contribution in [0.3, 0.4) is 0 Å². The number of pyridine rings is 1. The normalized spacial score (nSPS) is 19.9. The number of ether oxygens (including phenoxy) is 2. The van der Waals surface area contributed by atoms with Gasteiger partial charge in [0.25, 0.3) is 5.24 Å². The fourth-order valence-corrected chi connectivity index (χ4v) is 2.53. The van der Waals surface area contributed by atoms with Crippen molar-refractivity contribution in [2.45, 2.75) is 31.6 Å². The molecule has 1 aliphatic heterocycles. The third kappa shape index (κ3) is 3.49. The van der Waals surface area contributed by atoms with Crippen molar-refractivity contribution in [3.63, 3.8) is 0 Å². The van der Waals surface area contributed by atoms with Crippen molar-refractivity contribution in [1.82, 2.24) is 4.98 Å². The van der Waals surface area contributed by atoms with Gasteiger partial charge in [-0.25, -0.2) is 4.98 Å². The largest absolute Gasteiger partial charge is 0.477 e. The molecule has 0 atom stereocenters. The highest BCUT2D eigenvalue weighted by atomic mass is 35.5. The van der Waals surface area contributed by atoms with E-state index in [-0.39, 0.29) is 0 Å². The lowest BCUT2D eigenvalue weighted by atomic mass is 10.0. The highest BCUT2D eigenvalue weighted by molar-refractivity contribution is 6.67. The van der Waals surface area contributed by atoms with Crippen molar-refractivity contribution in [3.05, 3.63) is 23.4 Å². The lowest BCUT2D eigenvalue weighted by Gasteiger charge is -2.22. The first-order chi connectivity index (χ1) is 9.72. The van der Waals surface area contributed by atoms with Crippen LogP contribution in [-0.2, 0) is 4.74 Å². The molecule has 0 N–H and O–H groups in total. The third-order valence-corrected chi connectivity index (χ3v) is 4.07. The summed E-state index contributed by atoms with van der Waals surface area (Å²) in [5, 5.41) is -0.454. The Morgan fingerprint density at radius 3 is 2.70 bits per heavy atom. The first-order valence-electron chi connectivity index (χ1n) is 7.15. The molecule has 0 aromatic carbocycles. The molecule has 1 saturated heterocycles. The van der Waals surface area contributed by atoms with Gasteiger partial charge >= 0.3 is 0 Å². The summed E-state index contributed by atoms with van der Waals surface area (Å²) in [5.74, 6) is 1.49. The van der Waals surface area contributed by atoms with Gasteiger partial charge in [-0.2, -0.15) is 0 Å². The maximum absolute atomic E-state index is 11.4. The van der Waals surface area contributed by atoms with E-state index >= 15 is 0 Å². The van der Waals surface area contributed by atoms with E-state index in [2.05, 4.69) is 4.98 Å². The van der Waals surface area contributed by atoms with Crippen molar-refractivity contribution in [3.8, 4) is 5.88 Å². The maximum atomic E-state index is 11.4. The first-order valence-corrected chi connectivity index (χ1v) is 7.52. The van der Waals surface area contributed by atoms with Crippen LogP contribution in [0.25, 0.3) is 0 Å².